The van der Waals surface area contributed by atoms with Gasteiger partial charge in [-0.25, -0.2) is 8.78 Å². The van der Waals surface area contributed by atoms with Crippen LogP contribution in [-0.4, -0.2) is 5.11 Å². The number of phenols is 1. The van der Waals surface area contributed by atoms with E-state index in [1.165, 1.54) is 0 Å². The van der Waals surface area contributed by atoms with E-state index in [1.54, 1.807) is 0 Å². The molecule has 3 heteroatoms. The van der Waals surface area contributed by atoms with Crippen LogP contribution in [0.1, 0.15) is 18.9 Å². The predicted molar refractivity (Wildman–Crippen MR) is 42.0 cm³/mol. The fourth-order valence-corrected chi connectivity index (χ4v) is 1.07. The first-order valence-corrected chi connectivity index (χ1v) is 3.82. The van der Waals surface area contributed by atoms with Crippen LogP contribution < -0.4 is 0 Å². The summed E-state index contributed by atoms with van der Waals surface area (Å²) in [4.78, 5) is 0. The molecule has 0 aromatic heterocycles. The monoisotopic (exact) mass is 172 g/mol. The van der Waals surface area contributed by atoms with Gasteiger partial charge in [0.1, 0.15) is 5.82 Å². The predicted octanol–water partition coefficient (Wildman–Crippen LogP) is 2.62. The van der Waals surface area contributed by atoms with Crippen LogP contribution in [0, 0.1) is 11.6 Å². The molecule has 0 fully saturated rings. The molecule has 0 aliphatic heterocycles. The average Bonchev–Trinajstić information content (AvgIpc) is 2.06. The van der Waals surface area contributed by atoms with Crippen molar-refractivity contribution in [3.05, 3.63) is 29.3 Å². The molecule has 66 valence electrons. The van der Waals surface area contributed by atoms with Crippen LogP contribution in [0.4, 0.5) is 8.78 Å². The molecule has 0 saturated carbocycles. The minimum absolute atomic E-state index is 0.0671. The minimum Gasteiger partial charge on any atom is -0.505 e. The fourth-order valence-electron chi connectivity index (χ4n) is 1.07. The molecule has 0 aliphatic carbocycles. The largest absolute Gasteiger partial charge is 0.505 e. The summed E-state index contributed by atoms with van der Waals surface area (Å²) in [5.74, 6) is -1.87. The second-order valence-corrected chi connectivity index (χ2v) is 2.61. The van der Waals surface area contributed by atoms with Crippen molar-refractivity contribution in [2.45, 2.75) is 19.8 Å². The standard InChI is InChI=1S/C9H10F2O/c1-2-3-6-7(10)4-5-8(11)9(6)12/h4-5,12H,2-3H2,1H3. The third kappa shape index (κ3) is 1.55. The highest BCUT2D eigenvalue weighted by atomic mass is 19.1. The topological polar surface area (TPSA) is 20.2 Å². The number of halogens is 2. The Morgan fingerprint density at radius 1 is 1.25 bits per heavy atom. The Balaban J connectivity index is 3.14. The number of rotatable bonds is 2. The van der Waals surface area contributed by atoms with Gasteiger partial charge >= 0.3 is 0 Å². The van der Waals surface area contributed by atoms with Crippen molar-refractivity contribution in [1.82, 2.24) is 0 Å². The van der Waals surface area contributed by atoms with Gasteiger partial charge in [-0.15, -0.1) is 0 Å². The summed E-state index contributed by atoms with van der Waals surface area (Å²) < 4.78 is 25.6. The van der Waals surface area contributed by atoms with Gasteiger partial charge in [0.15, 0.2) is 11.6 Å². The number of aromatic hydroxyl groups is 1. The van der Waals surface area contributed by atoms with Gasteiger partial charge in [-0.1, -0.05) is 13.3 Å². The summed E-state index contributed by atoms with van der Waals surface area (Å²) in [7, 11) is 0. The van der Waals surface area contributed by atoms with E-state index in [0.29, 0.717) is 12.8 Å². The van der Waals surface area contributed by atoms with Crippen molar-refractivity contribution in [3.63, 3.8) is 0 Å². The maximum atomic E-state index is 12.9. The van der Waals surface area contributed by atoms with Crippen molar-refractivity contribution in [3.8, 4) is 5.75 Å². The molecule has 0 bridgehead atoms. The molecule has 12 heavy (non-hydrogen) atoms. The van der Waals surface area contributed by atoms with E-state index in [2.05, 4.69) is 0 Å². The number of phenolic OH excluding ortho intramolecular Hbond substituents is 1. The minimum atomic E-state index is -0.764. The first-order valence-electron chi connectivity index (χ1n) is 3.82. The van der Waals surface area contributed by atoms with Gasteiger partial charge in [0.05, 0.1) is 0 Å². The molecule has 0 heterocycles. The molecule has 0 radical (unpaired) electrons. The van der Waals surface area contributed by atoms with Gasteiger partial charge in [0, 0.05) is 5.56 Å². The molecular weight excluding hydrogens is 162 g/mol. The molecule has 0 spiro atoms. The summed E-state index contributed by atoms with van der Waals surface area (Å²) >= 11 is 0. The molecule has 0 atom stereocenters. The summed E-state index contributed by atoms with van der Waals surface area (Å²) in [6.45, 7) is 1.84. The first kappa shape index (κ1) is 8.97. The third-order valence-corrected chi connectivity index (χ3v) is 1.68. The van der Waals surface area contributed by atoms with E-state index < -0.39 is 17.4 Å². The van der Waals surface area contributed by atoms with Gasteiger partial charge in [0.25, 0.3) is 0 Å². The van der Waals surface area contributed by atoms with Gasteiger partial charge in [0.2, 0.25) is 0 Å². The second kappa shape index (κ2) is 3.52. The van der Waals surface area contributed by atoms with Crippen LogP contribution >= 0.6 is 0 Å². The molecule has 1 nitrogen and oxygen atoms in total. The van der Waals surface area contributed by atoms with Crippen LogP contribution in [0.25, 0.3) is 0 Å². The van der Waals surface area contributed by atoms with E-state index in [-0.39, 0.29) is 5.56 Å². The molecule has 0 unspecified atom stereocenters. The van der Waals surface area contributed by atoms with E-state index in [0.717, 1.165) is 12.1 Å². The maximum Gasteiger partial charge on any atom is 0.165 e. The van der Waals surface area contributed by atoms with Gasteiger partial charge in [-0.2, -0.15) is 0 Å². The summed E-state index contributed by atoms with van der Waals surface area (Å²) in [5.41, 5.74) is 0.0671. The Kier molecular flexibility index (Phi) is 2.63. The van der Waals surface area contributed by atoms with Crippen molar-refractivity contribution in [2.75, 3.05) is 0 Å². The molecule has 1 N–H and O–H groups in total. The van der Waals surface area contributed by atoms with E-state index in [4.69, 9.17) is 5.11 Å². The molecule has 1 aromatic carbocycles. The number of hydrogen-bond acceptors (Lipinski definition) is 1. The zero-order valence-corrected chi connectivity index (χ0v) is 6.77. The van der Waals surface area contributed by atoms with Crippen molar-refractivity contribution in [2.24, 2.45) is 0 Å². The summed E-state index contributed by atoms with van der Waals surface area (Å²) in [5, 5.41) is 9.09. The second-order valence-electron chi connectivity index (χ2n) is 2.61. The van der Waals surface area contributed by atoms with Crippen molar-refractivity contribution >= 4 is 0 Å². The zero-order chi connectivity index (χ0) is 9.14. The van der Waals surface area contributed by atoms with Crippen LogP contribution in [-0.2, 0) is 6.42 Å². The molecular formula is C9H10F2O. The lowest BCUT2D eigenvalue weighted by molar-refractivity contribution is 0.417. The van der Waals surface area contributed by atoms with E-state index >= 15 is 0 Å². The Labute approximate surface area is 69.7 Å². The smallest absolute Gasteiger partial charge is 0.165 e. The third-order valence-electron chi connectivity index (χ3n) is 1.68. The molecule has 0 saturated heterocycles. The average molecular weight is 172 g/mol. The number of hydrogen-bond donors (Lipinski definition) is 1. The molecule has 0 aliphatic rings. The molecule has 0 amide bonds. The molecule has 1 aromatic rings. The van der Waals surface area contributed by atoms with Gasteiger partial charge in [-0.05, 0) is 18.6 Å². The van der Waals surface area contributed by atoms with Crippen LogP contribution in [0.15, 0.2) is 12.1 Å². The maximum absolute atomic E-state index is 12.9. The van der Waals surface area contributed by atoms with Crippen LogP contribution in [0.3, 0.4) is 0 Å². The normalized spacial score (nSPS) is 10.2. The van der Waals surface area contributed by atoms with Crippen molar-refractivity contribution < 1.29 is 13.9 Å². The Hall–Kier alpha value is -1.12. The lowest BCUT2D eigenvalue weighted by Gasteiger charge is -2.04. The lowest BCUT2D eigenvalue weighted by atomic mass is 10.1. The van der Waals surface area contributed by atoms with E-state index in [1.807, 2.05) is 6.92 Å². The number of benzene rings is 1. The van der Waals surface area contributed by atoms with Gasteiger partial charge < -0.3 is 5.11 Å². The van der Waals surface area contributed by atoms with E-state index in [9.17, 15) is 8.78 Å². The Morgan fingerprint density at radius 2 is 1.83 bits per heavy atom. The summed E-state index contributed by atoms with van der Waals surface area (Å²) in [6.07, 6.45) is 1.03. The highest BCUT2D eigenvalue weighted by Crippen LogP contribution is 2.24. The Morgan fingerprint density at radius 3 is 2.42 bits per heavy atom. The van der Waals surface area contributed by atoms with Crippen molar-refractivity contribution in [1.29, 1.82) is 0 Å². The fraction of sp³-hybridized carbons (Fsp3) is 0.333. The zero-order valence-electron chi connectivity index (χ0n) is 6.77. The van der Waals surface area contributed by atoms with Crippen LogP contribution in [0.2, 0.25) is 0 Å². The Bertz CT molecular complexity index is 284. The highest BCUT2D eigenvalue weighted by Gasteiger charge is 2.10. The first-order chi connectivity index (χ1) is 5.66. The SMILES string of the molecule is CCCc1c(F)ccc(F)c1O. The quantitative estimate of drug-likeness (QED) is 0.727. The lowest BCUT2D eigenvalue weighted by Crippen LogP contribution is -1.92. The van der Waals surface area contributed by atoms with Crippen LogP contribution in [0.5, 0.6) is 5.75 Å². The highest BCUT2D eigenvalue weighted by molar-refractivity contribution is 5.34. The van der Waals surface area contributed by atoms with Gasteiger partial charge in [-0.3, -0.25) is 0 Å². The molecule has 1 rings (SSSR count). The summed E-state index contributed by atoms with van der Waals surface area (Å²) in [6, 6.07) is 1.95.